The maximum Gasteiger partial charge on any atom is 0.337 e. The normalized spacial score (nSPS) is 20.8. The Bertz CT molecular complexity index is 1120. The number of carbonyl (C=O) groups excluding carboxylic acids is 3. The zero-order valence-electron chi connectivity index (χ0n) is 21.1. The highest BCUT2D eigenvalue weighted by Crippen LogP contribution is 2.34. The number of carboxylic acids is 1. The number of nitrogens with zero attached hydrogens (tertiary/aromatic N) is 1. The number of carboxylic acid groups (broad SMARTS) is 1. The van der Waals surface area contributed by atoms with E-state index < -0.39 is 53.2 Å². The molecule has 10 heteroatoms. The third kappa shape index (κ3) is 6.08. The highest BCUT2D eigenvalue weighted by molar-refractivity contribution is 6.10. The molecule has 1 unspecified atom stereocenters. The average molecular weight is 512 g/mol. The fourth-order valence-electron chi connectivity index (χ4n) is 4.52. The van der Waals surface area contributed by atoms with Gasteiger partial charge in [-0.25, -0.2) is 4.79 Å². The van der Waals surface area contributed by atoms with E-state index in [-0.39, 0.29) is 25.1 Å². The highest BCUT2D eigenvalue weighted by Gasteiger charge is 2.59. The van der Waals surface area contributed by atoms with E-state index in [2.05, 4.69) is 5.32 Å². The van der Waals surface area contributed by atoms with Gasteiger partial charge < -0.3 is 30.9 Å². The minimum absolute atomic E-state index is 0.0831. The van der Waals surface area contributed by atoms with Gasteiger partial charge in [0, 0.05) is 6.42 Å². The van der Waals surface area contributed by atoms with Gasteiger partial charge in [-0.1, -0.05) is 44.2 Å². The predicted octanol–water partition coefficient (Wildman–Crippen LogP) is 1.50. The number of hydrogen-bond acceptors (Lipinski definition) is 7. The fraction of sp³-hybridized carbons (Fsp3) is 0.407. The molecule has 4 atom stereocenters. The number of phenolic OH excluding ortho intramolecular Hbond substituents is 1. The van der Waals surface area contributed by atoms with Crippen molar-refractivity contribution < 1.29 is 34.1 Å². The zero-order chi connectivity index (χ0) is 27.3. The Labute approximate surface area is 215 Å². The first kappa shape index (κ1) is 27.7. The van der Waals surface area contributed by atoms with Gasteiger partial charge in [0.15, 0.2) is 5.78 Å². The quantitative estimate of drug-likeness (QED) is 0.349. The minimum atomic E-state index is -2.12. The number of nitrogens with one attached hydrogen (secondary N) is 1. The molecule has 0 spiro atoms. The number of ketones is 1. The number of nitrogens with two attached hydrogens (primary N) is 1. The Morgan fingerprint density at radius 3 is 2.27 bits per heavy atom. The van der Waals surface area contributed by atoms with Crippen LogP contribution in [0.5, 0.6) is 11.5 Å². The molecule has 1 saturated heterocycles. The summed E-state index contributed by atoms with van der Waals surface area (Å²) in [5.41, 5.74) is 4.67. The first-order valence-electron chi connectivity index (χ1n) is 12.1. The van der Waals surface area contributed by atoms with Crippen LogP contribution in [0.3, 0.4) is 0 Å². The van der Waals surface area contributed by atoms with Crippen molar-refractivity contribution >= 4 is 23.6 Å². The van der Waals surface area contributed by atoms with Crippen molar-refractivity contribution in [3.05, 3.63) is 60.2 Å². The van der Waals surface area contributed by atoms with Crippen LogP contribution in [0.2, 0.25) is 0 Å². The molecule has 0 saturated carbocycles. The van der Waals surface area contributed by atoms with Gasteiger partial charge in [-0.15, -0.1) is 0 Å². The second-order valence-corrected chi connectivity index (χ2v) is 9.63. The van der Waals surface area contributed by atoms with E-state index in [9.17, 15) is 29.4 Å². The molecule has 198 valence electrons. The summed E-state index contributed by atoms with van der Waals surface area (Å²) in [7, 11) is 0. The summed E-state index contributed by atoms with van der Waals surface area (Å²) < 4.78 is 5.91. The van der Waals surface area contributed by atoms with Gasteiger partial charge in [0.25, 0.3) is 0 Å². The number of para-hydroxylation sites is 1. The topological polar surface area (TPSA) is 159 Å². The summed E-state index contributed by atoms with van der Waals surface area (Å²) >= 11 is 0. The number of Topliss-reactive ketones (excluding diaryl/α,β-unsaturated/α-hetero) is 1. The highest BCUT2D eigenvalue weighted by atomic mass is 16.5. The molecule has 3 rings (SSSR count). The van der Waals surface area contributed by atoms with Gasteiger partial charge in [-0.2, -0.15) is 0 Å². The molecule has 2 aromatic carbocycles. The molecule has 37 heavy (non-hydrogen) atoms. The fourth-order valence-corrected chi connectivity index (χ4v) is 4.52. The number of aliphatic carboxylic acids is 1. The van der Waals surface area contributed by atoms with E-state index in [1.807, 2.05) is 0 Å². The summed E-state index contributed by atoms with van der Waals surface area (Å²) in [6, 6.07) is 12.8. The van der Waals surface area contributed by atoms with Crippen LogP contribution in [0.25, 0.3) is 0 Å². The largest absolute Gasteiger partial charge is 0.508 e. The van der Waals surface area contributed by atoms with Crippen molar-refractivity contribution in [2.45, 2.75) is 57.3 Å². The number of hydrogen-bond donors (Lipinski definition) is 4. The summed E-state index contributed by atoms with van der Waals surface area (Å²) in [6.07, 6.45) is -0.808. The van der Waals surface area contributed by atoms with Crippen LogP contribution < -0.4 is 15.8 Å². The number of ether oxygens (including phenoxy) is 1. The van der Waals surface area contributed by atoms with Crippen molar-refractivity contribution in [1.29, 1.82) is 0 Å². The first-order chi connectivity index (χ1) is 17.5. The van der Waals surface area contributed by atoms with E-state index in [4.69, 9.17) is 10.5 Å². The molecule has 1 fully saturated rings. The van der Waals surface area contributed by atoms with Crippen molar-refractivity contribution in [1.82, 2.24) is 10.2 Å². The standard InChI is InChI=1S/C27H33N3O7/c1-16(2)23(29-24(33)22(28)13-18-9-11-19(32)12-10-18)25(34)30-15-21(37-20-7-5-4-6-8-20)14-27(30,17(3)31)26(35)36/h4-12,16,21-23,32H,13-15,28H2,1-3H3,(H,29,33)(H,35,36)/t21?,22-,23-,27+/m0/s1. The lowest BCUT2D eigenvalue weighted by Crippen LogP contribution is -2.63. The molecule has 1 aliphatic rings. The minimum Gasteiger partial charge on any atom is -0.508 e. The monoisotopic (exact) mass is 511 g/mol. The van der Waals surface area contributed by atoms with Crippen LogP contribution in [0, 0.1) is 5.92 Å². The Balaban J connectivity index is 1.82. The maximum absolute atomic E-state index is 13.7. The van der Waals surface area contributed by atoms with E-state index in [0.29, 0.717) is 5.75 Å². The number of carbonyl (C=O) groups is 4. The lowest BCUT2D eigenvalue weighted by atomic mass is 9.89. The van der Waals surface area contributed by atoms with E-state index in [0.717, 1.165) is 17.4 Å². The van der Waals surface area contributed by atoms with Crippen molar-refractivity contribution in [2.75, 3.05) is 6.54 Å². The number of amides is 2. The Hall–Kier alpha value is -3.92. The molecule has 2 amide bonds. The molecular weight excluding hydrogens is 478 g/mol. The number of rotatable bonds is 10. The number of likely N-dealkylation sites (tertiary alicyclic amines) is 1. The summed E-state index contributed by atoms with van der Waals surface area (Å²) in [5, 5.41) is 22.2. The van der Waals surface area contributed by atoms with Gasteiger partial charge >= 0.3 is 5.97 Å². The molecule has 0 radical (unpaired) electrons. The third-order valence-electron chi connectivity index (χ3n) is 6.58. The molecule has 0 aromatic heterocycles. The van der Waals surface area contributed by atoms with Gasteiger partial charge in [0.05, 0.1) is 12.6 Å². The average Bonchev–Trinajstić information content (AvgIpc) is 3.24. The lowest BCUT2D eigenvalue weighted by Gasteiger charge is -2.35. The smallest absolute Gasteiger partial charge is 0.337 e. The number of benzene rings is 2. The summed E-state index contributed by atoms with van der Waals surface area (Å²) in [4.78, 5) is 52.8. The molecule has 2 aromatic rings. The SMILES string of the molecule is CC(=O)[C@@]1(C(=O)O)CC(Oc2ccccc2)CN1C(=O)[C@@H](NC(=O)[C@@H](N)Cc1ccc(O)cc1)C(C)C. The predicted molar refractivity (Wildman–Crippen MR) is 135 cm³/mol. The third-order valence-corrected chi connectivity index (χ3v) is 6.58. The van der Waals surface area contributed by atoms with Crippen molar-refractivity contribution in [2.24, 2.45) is 11.7 Å². The van der Waals surface area contributed by atoms with Crippen molar-refractivity contribution in [3.8, 4) is 11.5 Å². The molecule has 0 aliphatic carbocycles. The second-order valence-electron chi connectivity index (χ2n) is 9.63. The van der Waals surface area contributed by atoms with Crippen LogP contribution in [-0.2, 0) is 25.6 Å². The van der Waals surface area contributed by atoms with Crippen LogP contribution >= 0.6 is 0 Å². The molecule has 10 nitrogen and oxygen atoms in total. The molecule has 5 N–H and O–H groups in total. The number of aromatic hydroxyl groups is 1. The Morgan fingerprint density at radius 1 is 1.11 bits per heavy atom. The van der Waals surface area contributed by atoms with Gasteiger partial charge in [0.2, 0.25) is 17.4 Å². The van der Waals surface area contributed by atoms with Gasteiger partial charge in [-0.3, -0.25) is 14.4 Å². The van der Waals surface area contributed by atoms with E-state index >= 15 is 0 Å². The molecule has 1 heterocycles. The van der Waals surface area contributed by atoms with Gasteiger partial charge in [-0.05, 0) is 49.1 Å². The van der Waals surface area contributed by atoms with E-state index in [1.54, 1.807) is 56.3 Å². The van der Waals surface area contributed by atoms with Crippen LogP contribution in [0.15, 0.2) is 54.6 Å². The molecule has 0 bridgehead atoms. The molecule has 1 aliphatic heterocycles. The zero-order valence-corrected chi connectivity index (χ0v) is 21.1. The van der Waals surface area contributed by atoms with Crippen LogP contribution in [0.1, 0.15) is 32.8 Å². The number of phenols is 1. The van der Waals surface area contributed by atoms with Crippen LogP contribution in [-0.4, -0.2) is 69.0 Å². The first-order valence-corrected chi connectivity index (χ1v) is 12.1. The lowest BCUT2D eigenvalue weighted by molar-refractivity contribution is -0.162. The second kappa shape index (κ2) is 11.4. The van der Waals surface area contributed by atoms with Crippen LogP contribution in [0.4, 0.5) is 0 Å². The summed E-state index contributed by atoms with van der Waals surface area (Å²) in [6.45, 7) is 4.41. The van der Waals surface area contributed by atoms with E-state index in [1.165, 1.54) is 12.1 Å². The van der Waals surface area contributed by atoms with Crippen molar-refractivity contribution in [3.63, 3.8) is 0 Å². The maximum atomic E-state index is 13.7. The van der Waals surface area contributed by atoms with Gasteiger partial charge in [0.1, 0.15) is 23.6 Å². The Kier molecular flexibility index (Phi) is 8.54. The summed E-state index contributed by atoms with van der Waals surface area (Å²) in [5.74, 6) is -3.31. The Morgan fingerprint density at radius 2 is 1.73 bits per heavy atom. The molecular formula is C27H33N3O7.